The molecule has 1 N–H and O–H groups in total. The number of hydrogen-bond donors (Lipinski definition) is 1. The molecule has 32 heavy (non-hydrogen) atoms. The fourth-order valence-electron chi connectivity index (χ4n) is 3.43. The van der Waals surface area contributed by atoms with Crippen LogP contribution in [0.15, 0.2) is 83.4 Å². The largest absolute Gasteiger partial charge is 0.309 e. The lowest BCUT2D eigenvalue weighted by atomic mass is 10.2. The van der Waals surface area contributed by atoms with E-state index in [0.29, 0.717) is 17.3 Å². The molecular formula is C23H18N6O2S. The van der Waals surface area contributed by atoms with E-state index < -0.39 is 11.9 Å². The first-order valence-corrected chi connectivity index (χ1v) is 10.8. The normalized spacial score (nSPS) is 12.0. The quantitative estimate of drug-likeness (QED) is 0.445. The van der Waals surface area contributed by atoms with E-state index in [9.17, 15) is 9.59 Å². The summed E-state index contributed by atoms with van der Waals surface area (Å²) in [7, 11) is 0. The van der Waals surface area contributed by atoms with Gasteiger partial charge in [0.1, 0.15) is 29.7 Å². The van der Waals surface area contributed by atoms with Gasteiger partial charge in [0.05, 0.1) is 10.4 Å². The predicted molar refractivity (Wildman–Crippen MR) is 124 cm³/mol. The first-order chi connectivity index (χ1) is 15.6. The van der Waals surface area contributed by atoms with Crippen LogP contribution in [0.4, 0.5) is 5.82 Å². The topological polar surface area (TPSA) is 94.7 Å². The van der Waals surface area contributed by atoms with Crippen molar-refractivity contribution >= 4 is 34.0 Å². The molecular weight excluding hydrogens is 424 g/mol. The van der Waals surface area contributed by atoms with Gasteiger partial charge in [0.15, 0.2) is 0 Å². The maximum absolute atomic E-state index is 12.9. The summed E-state index contributed by atoms with van der Waals surface area (Å²) in [5.74, 6) is 0.566. The van der Waals surface area contributed by atoms with Crippen LogP contribution in [0.5, 0.6) is 0 Å². The second-order valence-corrected chi connectivity index (χ2v) is 8.10. The van der Waals surface area contributed by atoms with Gasteiger partial charge in [0.25, 0.3) is 5.56 Å². The Morgan fingerprint density at radius 3 is 2.78 bits per heavy atom. The molecule has 0 unspecified atom stereocenters. The summed E-state index contributed by atoms with van der Waals surface area (Å²) in [6.07, 6.45) is 3.31. The zero-order valence-corrected chi connectivity index (χ0v) is 17.9. The van der Waals surface area contributed by atoms with Crippen molar-refractivity contribution in [2.45, 2.75) is 13.0 Å². The minimum Gasteiger partial charge on any atom is -0.309 e. The molecule has 0 saturated heterocycles. The molecule has 4 aromatic heterocycles. The highest BCUT2D eigenvalue weighted by Gasteiger charge is 2.19. The summed E-state index contributed by atoms with van der Waals surface area (Å²) in [4.78, 5) is 34.7. The van der Waals surface area contributed by atoms with Crippen LogP contribution in [-0.4, -0.2) is 30.2 Å². The van der Waals surface area contributed by atoms with Crippen molar-refractivity contribution in [3.63, 3.8) is 0 Å². The third-order valence-corrected chi connectivity index (χ3v) is 5.99. The van der Waals surface area contributed by atoms with Crippen LogP contribution in [0, 0.1) is 0 Å². The number of aromatic nitrogens is 5. The van der Waals surface area contributed by atoms with Crippen molar-refractivity contribution in [2.24, 2.45) is 0 Å². The summed E-state index contributed by atoms with van der Waals surface area (Å²) >= 11 is 1.52. The highest BCUT2D eigenvalue weighted by Crippen LogP contribution is 2.22. The van der Waals surface area contributed by atoms with Gasteiger partial charge in [-0.3, -0.25) is 9.59 Å². The van der Waals surface area contributed by atoms with Crippen LogP contribution in [0.1, 0.15) is 13.0 Å². The zero-order valence-electron chi connectivity index (χ0n) is 17.0. The summed E-state index contributed by atoms with van der Waals surface area (Å²) in [5, 5.41) is 10.2. The lowest BCUT2D eigenvalue weighted by Crippen LogP contribution is -2.33. The van der Waals surface area contributed by atoms with Gasteiger partial charge in [-0.1, -0.05) is 24.3 Å². The Labute approximate surface area is 186 Å². The molecule has 5 rings (SSSR count). The van der Waals surface area contributed by atoms with Crippen molar-refractivity contribution < 1.29 is 4.79 Å². The van der Waals surface area contributed by atoms with Gasteiger partial charge in [-0.15, -0.1) is 11.3 Å². The molecule has 0 aliphatic carbocycles. The summed E-state index contributed by atoms with van der Waals surface area (Å²) in [6.45, 7) is 1.63. The molecule has 1 amide bonds. The number of rotatable bonds is 5. The lowest BCUT2D eigenvalue weighted by Gasteiger charge is -2.14. The van der Waals surface area contributed by atoms with Crippen molar-refractivity contribution in [2.75, 3.05) is 5.32 Å². The number of thiophene rings is 1. The number of amides is 1. The van der Waals surface area contributed by atoms with Crippen LogP contribution in [0.3, 0.4) is 0 Å². The van der Waals surface area contributed by atoms with Crippen LogP contribution in [-0.2, 0) is 4.79 Å². The van der Waals surface area contributed by atoms with Gasteiger partial charge < -0.3 is 9.88 Å². The second kappa shape index (κ2) is 8.20. The van der Waals surface area contributed by atoms with Crippen molar-refractivity contribution in [3.05, 3.63) is 88.9 Å². The number of hydrogen-bond acceptors (Lipinski definition) is 6. The molecule has 0 bridgehead atoms. The minimum atomic E-state index is -0.826. The van der Waals surface area contributed by atoms with Gasteiger partial charge in [-0.25, -0.2) is 14.6 Å². The van der Waals surface area contributed by atoms with E-state index in [0.717, 1.165) is 15.8 Å². The number of para-hydroxylation sites is 1. The molecule has 9 heteroatoms. The predicted octanol–water partition coefficient (Wildman–Crippen LogP) is 3.91. The number of carbonyl (C=O) groups is 1. The first-order valence-electron chi connectivity index (χ1n) is 9.93. The fourth-order valence-corrected chi connectivity index (χ4v) is 4.12. The second-order valence-electron chi connectivity index (χ2n) is 7.15. The van der Waals surface area contributed by atoms with Crippen molar-refractivity contribution in [1.82, 2.24) is 24.3 Å². The molecule has 0 spiro atoms. The van der Waals surface area contributed by atoms with E-state index in [1.54, 1.807) is 19.1 Å². The third kappa shape index (κ3) is 3.69. The van der Waals surface area contributed by atoms with Gasteiger partial charge in [0, 0.05) is 18.3 Å². The minimum absolute atomic E-state index is 0.340. The van der Waals surface area contributed by atoms with Crippen molar-refractivity contribution in [1.29, 1.82) is 0 Å². The molecule has 0 fully saturated rings. The summed E-state index contributed by atoms with van der Waals surface area (Å²) < 4.78 is 3.11. The van der Waals surface area contributed by atoms with E-state index in [2.05, 4.69) is 20.4 Å². The highest BCUT2D eigenvalue weighted by molar-refractivity contribution is 7.13. The van der Waals surface area contributed by atoms with E-state index >= 15 is 0 Å². The Morgan fingerprint density at radius 2 is 1.94 bits per heavy atom. The number of nitrogens with zero attached hydrogens (tertiary/aromatic N) is 5. The molecule has 158 valence electrons. The standard InChI is InChI=1S/C23H18N6O2S/c1-15(29-22(30)9-8-17(27-29)19-7-4-12-32-19)23(31)26-20-13-21(25-14-24-20)28-11-10-16-5-2-3-6-18(16)28/h2-15H,1H3,(H,24,25,26,31)/t15-/m0/s1. The van der Waals surface area contributed by atoms with E-state index in [1.807, 2.05) is 58.6 Å². The number of nitrogens with one attached hydrogen (secondary N) is 1. The Bertz CT molecular complexity index is 1470. The smallest absolute Gasteiger partial charge is 0.267 e. The number of fused-ring (bicyclic) bond motifs is 1. The van der Waals surface area contributed by atoms with E-state index in [-0.39, 0.29) is 5.56 Å². The number of carbonyl (C=O) groups excluding carboxylic acids is 1. The monoisotopic (exact) mass is 442 g/mol. The van der Waals surface area contributed by atoms with Crippen LogP contribution in [0.25, 0.3) is 27.3 Å². The molecule has 4 heterocycles. The highest BCUT2D eigenvalue weighted by atomic mass is 32.1. The van der Waals surface area contributed by atoms with Gasteiger partial charge >= 0.3 is 0 Å². The summed E-state index contributed by atoms with van der Waals surface area (Å²) in [5.41, 5.74) is 1.29. The summed E-state index contributed by atoms with van der Waals surface area (Å²) in [6, 6.07) is 17.7. The molecule has 1 aromatic carbocycles. The molecule has 0 aliphatic rings. The van der Waals surface area contributed by atoms with E-state index in [4.69, 9.17) is 0 Å². The number of anilines is 1. The Hall–Kier alpha value is -4.11. The van der Waals surface area contributed by atoms with Crippen LogP contribution in [0.2, 0.25) is 0 Å². The SMILES string of the molecule is C[C@@H](C(=O)Nc1cc(-n2ccc3ccccc32)ncn1)n1nc(-c2cccs2)ccc1=O. The van der Waals surface area contributed by atoms with Crippen LogP contribution >= 0.6 is 11.3 Å². The van der Waals surface area contributed by atoms with Gasteiger partial charge in [-0.2, -0.15) is 5.10 Å². The van der Waals surface area contributed by atoms with Crippen LogP contribution < -0.4 is 10.9 Å². The Balaban J connectivity index is 1.40. The fraction of sp³-hybridized carbons (Fsp3) is 0.0870. The maximum atomic E-state index is 12.9. The third-order valence-electron chi connectivity index (χ3n) is 5.10. The first kappa shape index (κ1) is 19.8. The molecule has 5 aromatic rings. The molecule has 1 atom stereocenters. The van der Waals surface area contributed by atoms with Gasteiger partial charge in [0.2, 0.25) is 5.91 Å². The average Bonchev–Trinajstić information content (AvgIpc) is 3.49. The molecule has 0 aliphatic heterocycles. The lowest BCUT2D eigenvalue weighted by molar-refractivity contribution is -0.119. The maximum Gasteiger partial charge on any atom is 0.267 e. The Morgan fingerprint density at radius 1 is 1.06 bits per heavy atom. The average molecular weight is 443 g/mol. The number of benzene rings is 1. The van der Waals surface area contributed by atoms with E-state index in [1.165, 1.54) is 28.4 Å². The Kier molecular flexibility index (Phi) is 5.08. The molecule has 0 radical (unpaired) electrons. The van der Waals surface area contributed by atoms with Gasteiger partial charge in [-0.05, 0) is 42.0 Å². The molecule has 8 nitrogen and oxygen atoms in total. The van der Waals surface area contributed by atoms with Crippen molar-refractivity contribution in [3.8, 4) is 16.4 Å². The zero-order chi connectivity index (χ0) is 22.1. The molecule has 0 saturated carbocycles.